The summed E-state index contributed by atoms with van der Waals surface area (Å²) in [6.45, 7) is 9.82. The lowest BCUT2D eigenvalue weighted by molar-refractivity contribution is 0.102. The third-order valence-corrected chi connectivity index (χ3v) is 6.64. The number of nitrogens with zero attached hydrogens (tertiary/aromatic N) is 1. The molecule has 2 saturated carbocycles. The van der Waals surface area contributed by atoms with E-state index >= 15 is 0 Å². The van der Waals surface area contributed by atoms with Crippen molar-refractivity contribution in [2.24, 2.45) is 11.3 Å². The summed E-state index contributed by atoms with van der Waals surface area (Å²) in [5.41, 5.74) is 0.475. The van der Waals surface area contributed by atoms with Gasteiger partial charge in [-0.3, -0.25) is 4.90 Å². The zero-order valence-electron chi connectivity index (χ0n) is 14.5. The molecule has 2 heteroatoms. The Labute approximate surface area is 132 Å². The highest BCUT2D eigenvalue weighted by molar-refractivity contribution is 5.04. The van der Waals surface area contributed by atoms with E-state index in [0.29, 0.717) is 11.5 Å². The second kappa shape index (κ2) is 6.58. The van der Waals surface area contributed by atoms with Crippen molar-refractivity contribution in [3.05, 3.63) is 0 Å². The van der Waals surface area contributed by atoms with Crippen molar-refractivity contribution in [3.8, 4) is 0 Å². The van der Waals surface area contributed by atoms with Crippen LogP contribution in [0.3, 0.4) is 0 Å². The molecule has 0 spiro atoms. The lowest BCUT2D eigenvalue weighted by Gasteiger charge is -2.40. The quantitative estimate of drug-likeness (QED) is 0.817. The number of rotatable bonds is 5. The molecule has 3 unspecified atom stereocenters. The summed E-state index contributed by atoms with van der Waals surface area (Å²) in [5.74, 6) is 1.02. The van der Waals surface area contributed by atoms with Gasteiger partial charge < -0.3 is 5.32 Å². The largest absolute Gasteiger partial charge is 0.312 e. The first kappa shape index (κ1) is 15.8. The highest BCUT2D eigenvalue weighted by atomic mass is 15.2. The van der Waals surface area contributed by atoms with Crippen LogP contribution in [0, 0.1) is 11.3 Å². The van der Waals surface area contributed by atoms with E-state index in [0.717, 1.165) is 18.0 Å². The SMILES string of the molecule is CCCNC1C(N2CCCC2C2CCCC2)CCC1(C)C. The topological polar surface area (TPSA) is 15.3 Å². The van der Waals surface area contributed by atoms with Crippen LogP contribution in [-0.2, 0) is 0 Å². The molecule has 1 heterocycles. The van der Waals surface area contributed by atoms with Gasteiger partial charge in [-0.05, 0) is 69.4 Å². The average Bonchev–Trinajstić information content (AvgIpc) is 3.15. The van der Waals surface area contributed by atoms with Crippen LogP contribution in [-0.4, -0.2) is 36.1 Å². The van der Waals surface area contributed by atoms with Crippen molar-refractivity contribution < 1.29 is 0 Å². The summed E-state index contributed by atoms with van der Waals surface area (Å²) < 4.78 is 0. The molecule has 21 heavy (non-hydrogen) atoms. The maximum atomic E-state index is 3.92. The maximum absolute atomic E-state index is 3.92. The first-order valence-corrected chi connectivity index (χ1v) is 9.62. The summed E-state index contributed by atoms with van der Waals surface area (Å²) in [5, 5.41) is 3.92. The van der Waals surface area contributed by atoms with E-state index in [1.54, 1.807) is 0 Å². The van der Waals surface area contributed by atoms with Crippen LogP contribution in [0.4, 0.5) is 0 Å². The summed E-state index contributed by atoms with van der Waals surface area (Å²) in [7, 11) is 0. The van der Waals surface area contributed by atoms with E-state index in [9.17, 15) is 0 Å². The fourth-order valence-electron chi connectivity index (χ4n) is 5.51. The number of nitrogens with one attached hydrogen (secondary N) is 1. The van der Waals surface area contributed by atoms with E-state index < -0.39 is 0 Å². The molecule has 0 radical (unpaired) electrons. The van der Waals surface area contributed by atoms with E-state index in [1.165, 1.54) is 70.9 Å². The molecule has 2 aliphatic carbocycles. The molecule has 0 aromatic carbocycles. The molecule has 3 fully saturated rings. The fraction of sp³-hybridized carbons (Fsp3) is 1.00. The predicted octanol–water partition coefficient (Wildman–Crippen LogP) is 4.20. The summed E-state index contributed by atoms with van der Waals surface area (Å²) in [4.78, 5) is 2.96. The molecule has 1 saturated heterocycles. The van der Waals surface area contributed by atoms with E-state index in [2.05, 4.69) is 31.0 Å². The summed E-state index contributed by atoms with van der Waals surface area (Å²) >= 11 is 0. The molecule has 3 rings (SSSR count). The van der Waals surface area contributed by atoms with Gasteiger partial charge >= 0.3 is 0 Å². The second-order valence-corrected chi connectivity index (χ2v) is 8.52. The van der Waals surface area contributed by atoms with Crippen LogP contribution in [0.15, 0.2) is 0 Å². The molecule has 3 aliphatic rings. The maximum Gasteiger partial charge on any atom is 0.0274 e. The monoisotopic (exact) mass is 292 g/mol. The normalized spacial score (nSPS) is 37.6. The van der Waals surface area contributed by atoms with E-state index in [1.807, 2.05) is 0 Å². The zero-order chi connectivity index (χ0) is 14.9. The average molecular weight is 293 g/mol. The Morgan fingerprint density at radius 2 is 1.76 bits per heavy atom. The lowest BCUT2D eigenvalue weighted by Crippen LogP contribution is -2.54. The summed E-state index contributed by atoms with van der Waals surface area (Å²) in [6, 6.07) is 2.43. The van der Waals surface area contributed by atoms with Gasteiger partial charge in [0.25, 0.3) is 0 Å². The zero-order valence-corrected chi connectivity index (χ0v) is 14.5. The minimum atomic E-state index is 0.475. The van der Waals surface area contributed by atoms with Gasteiger partial charge in [0.1, 0.15) is 0 Å². The summed E-state index contributed by atoms with van der Waals surface area (Å²) in [6.07, 6.45) is 13.0. The molecule has 1 aliphatic heterocycles. The van der Waals surface area contributed by atoms with Crippen molar-refractivity contribution >= 4 is 0 Å². The first-order valence-electron chi connectivity index (χ1n) is 9.62. The first-order chi connectivity index (χ1) is 10.1. The van der Waals surface area contributed by atoms with Gasteiger partial charge in [-0.2, -0.15) is 0 Å². The van der Waals surface area contributed by atoms with Gasteiger partial charge in [-0.15, -0.1) is 0 Å². The number of hydrogen-bond acceptors (Lipinski definition) is 2. The van der Waals surface area contributed by atoms with Crippen LogP contribution in [0.5, 0.6) is 0 Å². The third-order valence-electron chi connectivity index (χ3n) is 6.64. The molecule has 0 aromatic heterocycles. The van der Waals surface area contributed by atoms with Crippen molar-refractivity contribution in [1.29, 1.82) is 0 Å². The Hall–Kier alpha value is -0.0800. The Kier molecular flexibility index (Phi) is 4.95. The molecule has 0 bridgehead atoms. The Balaban J connectivity index is 1.71. The van der Waals surface area contributed by atoms with Gasteiger partial charge in [0.2, 0.25) is 0 Å². The van der Waals surface area contributed by atoms with Crippen LogP contribution >= 0.6 is 0 Å². The van der Waals surface area contributed by atoms with Crippen LogP contribution < -0.4 is 5.32 Å². The molecule has 0 amide bonds. The van der Waals surface area contributed by atoms with Crippen LogP contribution in [0.1, 0.15) is 78.6 Å². The van der Waals surface area contributed by atoms with Crippen LogP contribution in [0.2, 0.25) is 0 Å². The van der Waals surface area contributed by atoms with Crippen molar-refractivity contribution in [2.45, 2.75) is 96.7 Å². The number of likely N-dealkylation sites (tertiary alicyclic amines) is 1. The van der Waals surface area contributed by atoms with Crippen molar-refractivity contribution in [2.75, 3.05) is 13.1 Å². The molecular formula is C19H36N2. The third kappa shape index (κ3) is 3.17. The standard InChI is InChI=1S/C19H36N2/c1-4-13-20-18-17(11-12-19(18,2)3)21-14-7-10-16(21)15-8-5-6-9-15/h15-18,20H,4-14H2,1-3H3. The predicted molar refractivity (Wildman–Crippen MR) is 90.6 cm³/mol. The van der Waals surface area contributed by atoms with Crippen LogP contribution in [0.25, 0.3) is 0 Å². The minimum absolute atomic E-state index is 0.475. The fourth-order valence-corrected chi connectivity index (χ4v) is 5.51. The van der Waals surface area contributed by atoms with Crippen molar-refractivity contribution in [3.63, 3.8) is 0 Å². The number of hydrogen-bond donors (Lipinski definition) is 1. The van der Waals surface area contributed by atoms with Gasteiger partial charge in [0.15, 0.2) is 0 Å². The van der Waals surface area contributed by atoms with E-state index in [4.69, 9.17) is 0 Å². The lowest BCUT2D eigenvalue weighted by atomic mass is 9.85. The smallest absolute Gasteiger partial charge is 0.0274 e. The molecule has 122 valence electrons. The highest BCUT2D eigenvalue weighted by Crippen LogP contribution is 2.44. The molecule has 0 aromatic rings. The van der Waals surface area contributed by atoms with E-state index in [-0.39, 0.29) is 0 Å². The molecule has 3 atom stereocenters. The molecular weight excluding hydrogens is 256 g/mol. The Bertz CT molecular complexity index is 332. The van der Waals surface area contributed by atoms with Crippen molar-refractivity contribution in [1.82, 2.24) is 10.2 Å². The van der Waals surface area contributed by atoms with Gasteiger partial charge in [-0.25, -0.2) is 0 Å². The Morgan fingerprint density at radius 1 is 1.00 bits per heavy atom. The second-order valence-electron chi connectivity index (χ2n) is 8.52. The molecule has 1 N–H and O–H groups in total. The highest BCUT2D eigenvalue weighted by Gasteiger charge is 2.47. The Morgan fingerprint density at radius 3 is 2.48 bits per heavy atom. The minimum Gasteiger partial charge on any atom is -0.312 e. The van der Waals surface area contributed by atoms with Gasteiger partial charge in [0, 0.05) is 18.1 Å². The molecule has 2 nitrogen and oxygen atoms in total. The van der Waals surface area contributed by atoms with Gasteiger partial charge in [-0.1, -0.05) is 33.6 Å². The van der Waals surface area contributed by atoms with Gasteiger partial charge in [0.05, 0.1) is 0 Å².